The van der Waals surface area contributed by atoms with Crippen molar-refractivity contribution in [3.05, 3.63) is 28.3 Å². The van der Waals surface area contributed by atoms with E-state index in [-0.39, 0.29) is 5.69 Å². The number of nitrogens with one attached hydrogen (secondary N) is 1. The van der Waals surface area contributed by atoms with Gasteiger partial charge < -0.3 is 10.1 Å². The number of hydrogen-bond acceptors (Lipinski definition) is 3. The number of carboxylic acids is 1. The van der Waals surface area contributed by atoms with E-state index in [1.807, 2.05) is 5.38 Å². The number of H-pyrrole nitrogens is 1. The summed E-state index contributed by atoms with van der Waals surface area (Å²) >= 11 is 1.70. The maximum absolute atomic E-state index is 10.9. The summed E-state index contributed by atoms with van der Waals surface area (Å²) in [7, 11) is 0. The van der Waals surface area contributed by atoms with Gasteiger partial charge >= 0.3 is 5.97 Å². The second kappa shape index (κ2) is 6.02. The highest BCUT2D eigenvalue weighted by atomic mass is 32.1. The van der Waals surface area contributed by atoms with Gasteiger partial charge in [0.05, 0.1) is 10.7 Å². The van der Waals surface area contributed by atoms with Crippen LogP contribution in [0, 0.1) is 5.92 Å². The van der Waals surface area contributed by atoms with Gasteiger partial charge in [0.1, 0.15) is 5.69 Å². The van der Waals surface area contributed by atoms with E-state index >= 15 is 0 Å². The maximum atomic E-state index is 10.9. The van der Waals surface area contributed by atoms with Crippen molar-refractivity contribution >= 4 is 17.3 Å². The minimum absolute atomic E-state index is 0.211. The van der Waals surface area contributed by atoms with Gasteiger partial charge in [0.25, 0.3) is 0 Å². The quantitative estimate of drug-likeness (QED) is 0.872. The minimum Gasteiger partial charge on any atom is -0.477 e. The number of hydrogen-bond donors (Lipinski definition) is 2. The first-order chi connectivity index (χ1) is 10.2. The highest BCUT2D eigenvalue weighted by molar-refractivity contribution is 7.10. The highest BCUT2D eigenvalue weighted by Crippen LogP contribution is 2.39. The van der Waals surface area contributed by atoms with Gasteiger partial charge in [0, 0.05) is 23.1 Å². The summed E-state index contributed by atoms with van der Waals surface area (Å²) < 4.78 is 0. The zero-order valence-electron chi connectivity index (χ0n) is 12.1. The van der Waals surface area contributed by atoms with Gasteiger partial charge in [-0.15, -0.1) is 11.3 Å². The van der Waals surface area contributed by atoms with Crippen molar-refractivity contribution in [2.24, 2.45) is 5.92 Å². The Morgan fingerprint density at radius 3 is 2.81 bits per heavy atom. The molecule has 2 aromatic rings. The fourth-order valence-corrected chi connectivity index (χ4v) is 4.09. The number of carbonyl (C=O) groups is 1. The van der Waals surface area contributed by atoms with Crippen molar-refractivity contribution in [1.29, 1.82) is 0 Å². The summed E-state index contributed by atoms with van der Waals surface area (Å²) in [6.07, 6.45) is 8.10. The van der Waals surface area contributed by atoms with E-state index in [0.29, 0.717) is 5.92 Å². The summed E-state index contributed by atoms with van der Waals surface area (Å²) in [6.45, 7) is 2.28. The standard InChI is InChI=1S/C16H20N2O2S/c1-2-10-3-5-11(6-4-10)15-18-14(9-21-15)12-7-13(16(19)20)17-8-12/h7-11,17H,2-6H2,1H3,(H,19,20). The summed E-state index contributed by atoms with van der Waals surface area (Å²) in [4.78, 5) is 18.4. The number of aromatic nitrogens is 2. The van der Waals surface area contributed by atoms with Crippen LogP contribution in [0.2, 0.25) is 0 Å². The van der Waals surface area contributed by atoms with Gasteiger partial charge in [-0.25, -0.2) is 9.78 Å². The Balaban J connectivity index is 1.72. The van der Waals surface area contributed by atoms with Crippen LogP contribution in [0.3, 0.4) is 0 Å². The first-order valence-electron chi connectivity index (χ1n) is 7.55. The SMILES string of the molecule is CCC1CCC(c2nc(-c3c[nH]c(C(=O)O)c3)cs2)CC1. The average molecular weight is 304 g/mol. The average Bonchev–Trinajstić information content (AvgIpc) is 3.16. The van der Waals surface area contributed by atoms with Crippen LogP contribution in [0.25, 0.3) is 11.3 Å². The Bertz CT molecular complexity index is 624. The summed E-state index contributed by atoms with van der Waals surface area (Å²) in [5.74, 6) is 0.544. The second-order valence-corrected chi connectivity index (χ2v) is 6.69. The van der Waals surface area contributed by atoms with Crippen molar-refractivity contribution in [3.8, 4) is 11.3 Å². The lowest BCUT2D eigenvalue weighted by Crippen LogP contribution is -2.12. The van der Waals surface area contributed by atoms with Crippen LogP contribution in [0.1, 0.15) is 60.4 Å². The normalized spacial score (nSPS) is 22.3. The highest BCUT2D eigenvalue weighted by Gasteiger charge is 2.23. The number of thiazole rings is 1. The van der Waals surface area contributed by atoms with E-state index in [1.54, 1.807) is 23.6 Å². The van der Waals surface area contributed by atoms with E-state index in [2.05, 4.69) is 11.9 Å². The summed E-state index contributed by atoms with van der Waals surface area (Å²) in [5, 5.41) is 12.2. The zero-order valence-corrected chi connectivity index (χ0v) is 12.9. The van der Waals surface area contributed by atoms with Gasteiger partial charge in [-0.05, 0) is 37.7 Å². The number of rotatable bonds is 4. The van der Waals surface area contributed by atoms with E-state index < -0.39 is 5.97 Å². The number of aromatic amines is 1. The fourth-order valence-electron chi connectivity index (χ4n) is 3.09. The first kappa shape index (κ1) is 14.3. The van der Waals surface area contributed by atoms with Crippen molar-refractivity contribution in [3.63, 3.8) is 0 Å². The van der Waals surface area contributed by atoms with Gasteiger partial charge in [0.15, 0.2) is 0 Å². The third-order valence-corrected chi connectivity index (χ3v) is 5.51. The lowest BCUT2D eigenvalue weighted by atomic mass is 9.81. The van der Waals surface area contributed by atoms with Gasteiger partial charge in [-0.2, -0.15) is 0 Å². The first-order valence-corrected chi connectivity index (χ1v) is 8.42. The molecule has 2 heterocycles. The van der Waals surface area contributed by atoms with E-state index in [4.69, 9.17) is 10.1 Å². The number of carboxylic acid groups (broad SMARTS) is 1. The van der Waals surface area contributed by atoms with Gasteiger partial charge in [-0.1, -0.05) is 13.3 Å². The third kappa shape index (κ3) is 3.02. The molecule has 4 nitrogen and oxygen atoms in total. The molecule has 112 valence electrons. The van der Waals surface area contributed by atoms with Crippen LogP contribution >= 0.6 is 11.3 Å². The minimum atomic E-state index is -0.936. The van der Waals surface area contributed by atoms with Crippen molar-refractivity contribution in [1.82, 2.24) is 9.97 Å². The molecule has 1 fully saturated rings. The molecule has 0 atom stereocenters. The molecule has 0 unspecified atom stereocenters. The second-order valence-electron chi connectivity index (χ2n) is 5.80. The van der Waals surface area contributed by atoms with Crippen LogP contribution in [0.15, 0.2) is 17.6 Å². The molecule has 21 heavy (non-hydrogen) atoms. The Kier molecular flexibility index (Phi) is 4.10. The summed E-state index contributed by atoms with van der Waals surface area (Å²) in [5.41, 5.74) is 1.96. The zero-order chi connectivity index (χ0) is 14.8. The number of aromatic carboxylic acids is 1. The monoisotopic (exact) mass is 304 g/mol. The predicted molar refractivity (Wildman–Crippen MR) is 83.9 cm³/mol. The van der Waals surface area contributed by atoms with Crippen molar-refractivity contribution < 1.29 is 9.90 Å². The summed E-state index contributed by atoms with van der Waals surface area (Å²) in [6, 6.07) is 1.65. The molecule has 1 aliphatic rings. The van der Waals surface area contributed by atoms with Crippen LogP contribution in [0.5, 0.6) is 0 Å². The smallest absolute Gasteiger partial charge is 0.352 e. The molecule has 0 saturated heterocycles. The molecule has 0 aliphatic heterocycles. The van der Waals surface area contributed by atoms with E-state index in [0.717, 1.165) is 17.2 Å². The largest absolute Gasteiger partial charge is 0.477 e. The molecule has 5 heteroatoms. The number of nitrogens with zero attached hydrogens (tertiary/aromatic N) is 1. The Morgan fingerprint density at radius 1 is 1.43 bits per heavy atom. The van der Waals surface area contributed by atoms with Crippen molar-refractivity contribution in [2.45, 2.75) is 44.9 Å². The topological polar surface area (TPSA) is 66.0 Å². The maximum Gasteiger partial charge on any atom is 0.352 e. The molecular formula is C16H20N2O2S. The molecule has 0 radical (unpaired) electrons. The van der Waals surface area contributed by atoms with E-state index in [1.165, 1.54) is 37.1 Å². The lowest BCUT2D eigenvalue weighted by Gasteiger charge is -2.26. The fraction of sp³-hybridized carbons (Fsp3) is 0.500. The van der Waals surface area contributed by atoms with Crippen LogP contribution in [0.4, 0.5) is 0 Å². The molecule has 0 spiro atoms. The predicted octanol–water partition coefficient (Wildman–Crippen LogP) is 4.52. The van der Waals surface area contributed by atoms with Crippen LogP contribution in [-0.2, 0) is 0 Å². The molecule has 1 aliphatic carbocycles. The van der Waals surface area contributed by atoms with Crippen LogP contribution < -0.4 is 0 Å². The Morgan fingerprint density at radius 2 is 2.19 bits per heavy atom. The molecular weight excluding hydrogens is 284 g/mol. The Labute approximate surface area is 128 Å². The molecule has 0 bridgehead atoms. The molecule has 0 amide bonds. The Hall–Kier alpha value is -1.62. The molecule has 2 aromatic heterocycles. The molecule has 2 N–H and O–H groups in total. The van der Waals surface area contributed by atoms with Crippen molar-refractivity contribution in [2.75, 3.05) is 0 Å². The van der Waals surface area contributed by atoms with Gasteiger partial charge in [-0.3, -0.25) is 0 Å². The third-order valence-electron chi connectivity index (χ3n) is 4.50. The molecule has 1 saturated carbocycles. The van der Waals surface area contributed by atoms with Gasteiger partial charge in [0.2, 0.25) is 0 Å². The molecule has 3 rings (SSSR count). The van der Waals surface area contributed by atoms with E-state index in [9.17, 15) is 4.79 Å². The lowest BCUT2D eigenvalue weighted by molar-refractivity contribution is 0.0691. The molecule has 0 aromatic carbocycles. The van der Waals surface area contributed by atoms with Crippen LogP contribution in [-0.4, -0.2) is 21.0 Å².